The molecule has 1 amide bonds. The van der Waals surface area contributed by atoms with Crippen LogP contribution in [-0.4, -0.2) is 32.9 Å². The maximum absolute atomic E-state index is 12.3. The van der Waals surface area contributed by atoms with E-state index in [1.54, 1.807) is 25.1 Å². The molecule has 1 atom stereocenters. The van der Waals surface area contributed by atoms with Gasteiger partial charge in [-0.1, -0.05) is 46.9 Å². The number of rotatable bonds is 8. The van der Waals surface area contributed by atoms with Crippen molar-refractivity contribution >= 4 is 62.4 Å². The van der Waals surface area contributed by atoms with Crippen molar-refractivity contribution in [1.82, 2.24) is 4.72 Å². The quantitative estimate of drug-likeness (QED) is 0.537. The van der Waals surface area contributed by atoms with Gasteiger partial charge in [-0.05, 0) is 43.7 Å². The molecule has 0 aliphatic rings. The average Bonchev–Trinajstić information content (AvgIpc) is 2.64. The fourth-order valence-corrected chi connectivity index (χ4v) is 4.72. The number of hydrogen-bond donors (Lipinski definition) is 2. The molecule has 11 heteroatoms. The lowest BCUT2D eigenvalue weighted by Crippen LogP contribution is -2.32. The van der Waals surface area contributed by atoms with Crippen LogP contribution in [0.5, 0.6) is 0 Å². The Morgan fingerprint density at radius 1 is 1.10 bits per heavy atom. The predicted molar refractivity (Wildman–Crippen MR) is 117 cm³/mol. The number of amides is 1. The molecule has 0 bridgehead atoms. The molecule has 2 aromatic carbocycles. The average molecular weight is 494 g/mol. The lowest BCUT2D eigenvalue weighted by Gasteiger charge is -2.15. The van der Waals surface area contributed by atoms with E-state index in [2.05, 4.69) is 10.0 Å². The lowest BCUT2D eigenvalue weighted by atomic mass is 10.2. The van der Waals surface area contributed by atoms with Gasteiger partial charge in [0.15, 0.2) is 6.10 Å². The summed E-state index contributed by atoms with van der Waals surface area (Å²) >= 11 is 17.7. The Balaban J connectivity index is 1.88. The normalized spacial score (nSPS) is 12.3. The number of anilines is 1. The van der Waals surface area contributed by atoms with Gasteiger partial charge in [0.2, 0.25) is 10.0 Å². The Kier molecular flexibility index (Phi) is 8.52. The van der Waals surface area contributed by atoms with Gasteiger partial charge in [0.1, 0.15) is 4.90 Å². The Morgan fingerprint density at radius 2 is 1.73 bits per heavy atom. The highest BCUT2D eigenvalue weighted by Gasteiger charge is 2.23. The van der Waals surface area contributed by atoms with E-state index in [4.69, 9.17) is 39.5 Å². The Labute approximate surface area is 189 Å². The summed E-state index contributed by atoms with van der Waals surface area (Å²) in [6.07, 6.45) is -1.39. The monoisotopic (exact) mass is 492 g/mol. The van der Waals surface area contributed by atoms with Gasteiger partial charge < -0.3 is 10.1 Å². The molecule has 0 spiro atoms. The summed E-state index contributed by atoms with van der Waals surface area (Å²) in [5.41, 5.74) is 1.29. The number of aryl methyl sites for hydroxylation is 1. The Morgan fingerprint density at radius 3 is 2.37 bits per heavy atom. The van der Waals surface area contributed by atoms with Gasteiger partial charge in [-0.15, -0.1) is 0 Å². The maximum Gasteiger partial charge on any atom is 0.307 e. The molecular weight excluding hydrogens is 475 g/mol. The third-order valence-corrected chi connectivity index (χ3v) is 6.59. The van der Waals surface area contributed by atoms with Crippen LogP contribution in [0, 0.1) is 6.92 Å². The van der Waals surface area contributed by atoms with Crippen molar-refractivity contribution in [2.75, 3.05) is 11.9 Å². The lowest BCUT2D eigenvalue weighted by molar-refractivity contribution is -0.152. The van der Waals surface area contributed by atoms with Crippen LogP contribution in [-0.2, 0) is 24.3 Å². The van der Waals surface area contributed by atoms with E-state index < -0.39 is 28.0 Å². The second-order valence-electron chi connectivity index (χ2n) is 6.28. The first-order chi connectivity index (χ1) is 14.0. The molecular formula is C19H19Cl3N2O5S. The van der Waals surface area contributed by atoms with Gasteiger partial charge in [-0.3, -0.25) is 9.59 Å². The number of nitrogens with one attached hydrogen (secondary N) is 2. The molecule has 0 aliphatic carbocycles. The Hall–Kier alpha value is -1.84. The van der Waals surface area contributed by atoms with Gasteiger partial charge in [-0.2, -0.15) is 0 Å². The summed E-state index contributed by atoms with van der Waals surface area (Å²) in [4.78, 5) is 23.9. The minimum absolute atomic E-state index is 0.0424. The number of esters is 1. The number of benzene rings is 2. The third kappa shape index (κ3) is 6.58. The van der Waals surface area contributed by atoms with Crippen LogP contribution in [0.25, 0.3) is 0 Å². The molecule has 0 fully saturated rings. The molecule has 162 valence electrons. The topological polar surface area (TPSA) is 102 Å². The smallest absolute Gasteiger partial charge is 0.307 e. The summed E-state index contributed by atoms with van der Waals surface area (Å²) in [5, 5.41) is 2.99. The van der Waals surface area contributed by atoms with E-state index in [1.807, 2.05) is 0 Å². The number of hydrogen-bond acceptors (Lipinski definition) is 5. The molecule has 0 aromatic heterocycles. The zero-order valence-electron chi connectivity index (χ0n) is 16.0. The fourth-order valence-electron chi connectivity index (χ4n) is 2.37. The van der Waals surface area contributed by atoms with Crippen LogP contribution >= 0.6 is 34.8 Å². The van der Waals surface area contributed by atoms with Crippen molar-refractivity contribution in [3.8, 4) is 0 Å². The molecule has 0 saturated carbocycles. The van der Waals surface area contributed by atoms with E-state index in [1.165, 1.54) is 25.1 Å². The highest BCUT2D eigenvalue weighted by Crippen LogP contribution is 2.28. The second-order valence-corrected chi connectivity index (χ2v) is 9.23. The van der Waals surface area contributed by atoms with Crippen molar-refractivity contribution in [1.29, 1.82) is 0 Å². The van der Waals surface area contributed by atoms with Crippen molar-refractivity contribution < 1.29 is 22.7 Å². The first kappa shape index (κ1) is 24.4. The van der Waals surface area contributed by atoms with Crippen LogP contribution in [0.2, 0.25) is 15.1 Å². The van der Waals surface area contributed by atoms with Crippen LogP contribution < -0.4 is 10.0 Å². The van der Waals surface area contributed by atoms with Crippen molar-refractivity contribution in [2.45, 2.75) is 31.3 Å². The van der Waals surface area contributed by atoms with Gasteiger partial charge in [0.25, 0.3) is 5.91 Å². The minimum atomic E-state index is -4.03. The SMILES string of the molecule is Cc1ccc(Cl)cc1NC(=O)C(C)OC(=O)CCNS(=O)(=O)c1c(Cl)cccc1Cl. The maximum atomic E-state index is 12.3. The van der Waals surface area contributed by atoms with E-state index in [9.17, 15) is 18.0 Å². The third-order valence-electron chi connectivity index (χ3n) is 3.94. The number of halogens is 3. The van der Waals surface area contributed by atoms with Gasteiger partial charge in [0.05, 0.1) is 16.5 Å². The first-order valence-electron chi connectivity index (χ1n) is 8.71. The van der Waals surface area contributed by atoms with Crippen molar-refractivity contribution in [3.63, 3.8) is 0 Å². The van der Waals surface area contributed by atoms with Gasteiger partial charge in [-0.25, -0.2) is 13.1 Å². The summed E-state index contributed by atoms with van der Waals surface area (Å²) in [6.45, 7) is 2.94. The van der Waals surface area contributed by atoms with Gasteiger partial charge >= 0.3 is 5.97 Å². The summed E-state index contributed by atoms with van der Waals surface area (Å²) in [6, 6.07) is 9.30. The molecule has 0 heterocycles. The summed E-state index contributed by atoms with van der Waals surface area (Å²) < 4.78 is 32.0. The molecule has 0 aliphatic heterocycles. The first-order valence-corrected chi connectivity index (χ1v) is 11.3. The highest BCUT2D eigenvalue weighted by atomic mass is 35.5. The Bertz CT molecular complexity index is 1040. The molecule has 2 rings (SSSR count). The van der Waals surface area contributed by atoms with Crippen LogP contribution in [0.15, 0.2) is 41.3 Å². The molecule has 0 saturated heterocycles. The fraction of sp³-hybridized carbons (Fsp3) is 0.263. The number of ether oxygens (including phenoxy) is 1. The number of carbonyl (C=O) groups excluding carboxylic acids is 2. The summed E-state index contributed by atoms with van der Waals surface area (Å²) in [7, 11) is -4.03. The summed E-state index contributed by atoms with van der Waals surface area (Å²) in [5.74, 6) is -1.30. The standard InChI is InChI=1S/C19H19Cl3N2O5S/c1-11-6-7-13(20)10-16(11)24-19(26)12(2)29-17(25)8-9-23-30(27,28)18-14(21)4-3-5-15(18)22/h3-7,10,12,23H,8-9H2,1-2H3,(H,24,26). The van der Waals surface area contributed by atoms with Crippen molar-refractivity contribution in [2.24, 2.45) is 0 Å². The van der Waals surface area contributed by atoms with E-state index in [-0.39, 0.29) is 27.9 Å². The molecule has 2 aromatic rings. The van der Waals surface area contributed by atoms with Crippen LogP contribution in [0.1, 0.15) is 18.9 Å². The second kappa shape index (κ2) is 10.5. The molecule has 0 radical (unpaired) electrons. The van der Waals surface area contributed by atoms with Crippen LogP contribution in [0.4, 0.5) is 5.69 Å². The zero-order chi connectivity index (χ0) is 22.5. The van der Waals surface area contributed by atoms with Crippen molar-refractivity contribution in [3.05, 3.63) is 57.0 Å². The molecule has 2 N–H and O–H groups in total. The predicted octanol–water partition coefficient (Wildman–Crippen LogP) is 4.19. The molecule has 1 unspecified atom stereocenters. The zero-order valence-corrected chi connectivity index (χ0v) is 19.1. The van der Waals surface area contributed by atoms with Gasteiger partial charge in [0, 0.05) is 17.3 Å². The van der Waals surface area contributed by atoms with E-state index in [0.717, 1.165) is 5.56 Å². The minimum Gasteiger partial charge on any atom is -0.452 e. The highest BCUT2D eigenvalue weighted by molar-refractivity contribution is 7.89. The molecule has 7 nitrogen and oxygen atoms in total. The largest absolute Gasteiger partial charge is 0.452 e. The van der Waals surface area contributed by atoms with Crippen LogP contribution in [0.3, 0.4) is 0 Å². The van der Waals surface area contributed by atoms with E-state index >= 15 is 0 Å². The van der Waals surface area contributed by atoms with E-state index in [0.29, 0.717) is 10.7 Å². The number of carbonyl (C=O) groups is 2. The molecule has 30 heavy (non-hydrogen) atoms. The number of sulfonamides is 1.